The van der Waals surface area contributed by atoms with Crippen LogP contribution in [0.1, 0.15) is 59.3 Å². The predicted octanol–water partition coefficient (Wildman–Crippen LogP) is 4.32. The summed E-state index contributed by atoms with van der Waals surface area (Å²) < 4.78 is 0. The zero-order valence-electron chi connectivity index (χ0n) is 10.4. The summed E-state index contributed by atoms with van der Waals surface area (Å²) in [5.74, 6) is 1.80. The number of hydrogen-bond donors (Lipinski definition) is 0. The molecule has 0 amide bonds. The summed E-state index contributed by atoms with van der Waals surface area (Å²) in [6.07, 6.45) is 9.98. The fraction of sp³-hybridized carbons (Fsp3) is 0.923. The van der Waals surface area contributed by atoms with Gasteiger partial charge in [-0.2, -0.15) is 0 Å². The zero-order chi connectivity index (χ0) is 10.8. The summed E-state index contributed by atoms with van der Waals surface area (Å²) in [4.78, 5) is 4.03. The van der Waals surface area contributed by atoms with Gasteiger partial charge in [0.15, 0.2) is 0 Å². The van der Waals surface area contributed by atoms with Gasteiger partial charge in [-0.25, -0.2) is 0 Å². The third kappa shape index (κ3) is 6.17. The first-order valence-corrected chi connectivity index (χ1v) is 6.16. The Morgan fingerprint density at radius 3 is 2.43 bits per heavy atom. The molecule has 0 N–H and O–H groups in total. The summed E-state index contributed by atoms with van der Waals surface area (Å²) in [7, 11) is 1.86. The van der Waals surface area contributed by atoms with Crippen LogP contribution >= 0.6 is 0 Å². The van der Waals surface area contributed by atoms with Gasteiger partial charge < -0.3 is 4.99 Å². The van der Waals surface area contributed by atoms with Crippen LogP contribution in [-0.2, 0) is 0 Å². The Balaban J connectivity index is 3.72. The van der Waals surface area contributed by atoms with Crippen molar-refractivity contribution < 1.29 is 0 Å². The molecule has 0 saturated heterocycles. The second kappa shape index (κ2) is 9.23. The highest BCUT2D eigenvalue weighted by Gasteiger charge is 2.13. The van der Waals surface area contributed by atoms with E-state index >= 15 is 0 Å². The van der Waals surface area contributed by atoms with E-state index in [-0.39, 0.29) is 0 Å². The van der Waals surface area contributed by atoms with Crippen LogP contribution in [0.5, 0.6) is 0 Å². The topological polar surface area (TPSA) is 12.4 Å². The Bertz CT molecular complexity index is 140. The van der Waals surface area contributed by atoms with Crippen molar-refractivity contribution in [1.29, 1.82) is 0 Å². The van der Waals surface area contributed by atoms with Gasteiger partial charge in [0.2, 0.25) is 0 Å². The number of aliphatic imine (C=N–C) groups is 1. The van der Waals surface area contributed by atoms with Crippen molar-refractivity contribution in [2.45, 2.75) is 59.3 Å². The third-order valence-corrected chi connectivity index (χ3v) is 3.19. The van der Waals surface area contributed by atoms with Crippen LogP contribution in [0.3, 0.4) is 0 Å². The van der Waals surface area contributed by atoms with Crippen LogP contribution in [0, 0.1) is 11.8 Å². The average Bonchev–Trinajstić information content (AvgIpc) is 2.19. The van der Waals surface area contributed by atoms with E-state index in [9.17, 15) is 0 Å². The molecule has 2 atom stereocenters. The molecule has 0 rings (SSSR count). The SMILES string of the molecule is CCCCC(CC)[C@@H](C)CC/C=N/C. The summed E-state index contributed by atoms with van der Waals surface area (Å²) in [6, 6.07) is 0. The first kappa shape index (κ1) is 13.7. The Morgan fingerprint density at radius 1 is 1.21 bits per heavy atom. The van der Waals surface area contributed by atoms with Gasteiger partial charge in [-0.05, 0) is 30.9 Å². The molecule has 1 nitrogen and oxygen atoms in total. The molecule has 1 heteroatoms. The molecule has 0 aromatic carbocycles. The van der Waals surface area contributed by atoms with E-state index in [1.54, 1.807) is 0 Å². The van der Waals surface area contributed by atoms with Crippen molar-refractivity contribution in [1.82, 2.24) is 0 Å². The van der Waals surface area contributed by atoms with Gasteiger partial charge in [0.05, 0.1) is 0 Å². The monoisotopic (exact) mass is 197 g/mol. The summed E-state index contributed by atoms with van der Waals surface area (Å²) >= 11 is 0. The second-order valence-electron chi connectivity index (χ2n) is 4.31. The minimum Gasteiger partial charge on any atom is -0.301 e. The van der Waals surface area contributed by atoms with Crippen molar-refractivity contribution >= 4 is 6.21 Å². The molecule has 0 aliphatic rings. The standard InChI is InChI=1S/C13H27N/c1-5-7-10-13(6-2)12(3)9-8-11-14-4/h11-13H,5-10H2,1-4H3/b14-11+/t12-,13?/m0/s1. The lowest BCUT2D eigenvalue weighted by Gasteiger charge is -2.21. The van der Waals surface area contributed by atoms with E-state index < -0.39 is 0 Å². The van der Waals surface area contributed by atoms with Gasteiger partial charge in [-0.15, -0.1) is 0 Å². The lowest BCUT2D eigenvalue weighted by atomic mass is 9.84. The largest absolute Gasteiger partial charge is 0.301 e. The molecule has 0 aromatic heterocycles. The molecule has 0 aromatic rings. The Hall–Kier alpha value is -0.330. The number of unbranched alkanes of at least 4 members (excludes halogenated alkanes) is 1. The van der Waals surface area contributed by atoms with Crippen LogP contribution in [0.25, 0.3) is 0 Å². The Labute approximate surface area is 90.0 Å². The molecular weight excluding hydrogens is 170 g/mol. The van der Waals surface area contributed by atoms with Crippen LogP contribution in [-0.4, -0.2) is 13.3 Å². The molecular formula is C13H27N. The van der Waals surface area contributed by atoms with Crippen molar-refractivity contribution in [2.24, 2.45) is 16.8 Å². The maximum Gasteiger partial charge on any atom is 0.0273 e. The normalized spacial score (nSPS) is 16.0. The molecule has 84 valence electrons. The first-order chi connectivity index (χ1) is 6.76. The molecule has 14 heavy (non-hydrogen) atoms. The smallest absolute Gasteiger partial charge is 0.0273 e. The van der Waals surface area contributed by atoms with Crippen LogP contribution in [0.4, 0.5) is 0 Å². The third-order valence-electron chi connectivity index (χ3n) is 3.19. The van der Waals surface area contributed by atoms with Crippen molar-refractivity contribution in [2.75, 3.05) is 7.05 Å². The Morgan fingerprint density at radius 2 is 1.93 bits per heavy atom. The van der Waals surface area contributed by atoms with Gasteiger partial charge in [0.25, 0.3) is 0 Å². The van der Waals surface area contributed by atoms with E-state index in [0.717, 1.165) is 18.3 Å². The molecule has 0 radical (unpaired) electrons. The number of rotatable bonds is 8. The highest BCUT2D eigenvalue weighted by Crippen LogP contribution is 2.25. The minimum absolute atomic E-state index is 0.865. The molecule has 0 heterocycles. The number of nitrogens with zero attached hydrogens (tertiary/aromatic N) is 1. The van der Waals surface area contributed by atoms with Crippen LogP contribution in [0.2, 0.25) is 0 Å². The average molecular weight is 197 g/mol. The highest BCUT2D eigenvalue weighted by atomic mass is 14.6. The summed E-state index contributed by atoms with van der Waals surface area (Å²) in [5.41, 5.74) is 0. The molecule has 0 aliphatic carbocycles. The maximum absolute atomic E-state index is 4.03. The van der Waals surface area contributed by atoms with Gasteiger partial charge in [-0.1, -0.05) is 46.5 Å². The predicted molar refractivity (Wildman–Crippen MR) is 66.1 cm³/mol. The maximum atomic E-state index is 4.03. The Kier molecular flexibility index (Phi) is 9.02. The van der Waals surface area contributed by atoms with Crippen molar-refractivity contribution in [3.8, 4) is 0 Å². The van der Waals surface area contributed by atoms with E-state index in [2.05, 4.69) is 25.8 Å². The molecule has 0 spiro atoms. The second-order valence-corrected chi connectivity index (χ2v) is 4.31. The minimum atomic E-state index is 0.865. The van der Waals surface area contributed by atoms with Crippen LogP contribution < -0.4 is 0 Å². The van der Waals surface area contributed by atoms with Gasteiger partial charge in [0, 0.05) is 7.05 Å². The molecule has 0 bridgehead atoms. The summed E-state index contributed by atoms with van der Waals surface area (Å²) in [5, 5.41) is 0. The quantitative estimate of drug-likeness (QED) is 0.514. The van der Waals surface area contributed by atoms with Crippen molar-refractivity contribution in [3.05, 3.63) is 0 Å². The fourth-order valence-corrected chi connectivity index (χ4v) is 2.06. The molecule has 0 fully saturated rings. The summed E-state index contributed by atoms with van der Waals surface area (Å²) in [6.45, 7) is 7.00. The molecule has 0 saturated carbocycles. The van der Waals surface area contributed by atoms with Gasteiger partial charge in [-0.3, -0.25) is 0 Å². The van der Waals surface area contributed by atoms with Crippen LogP contribution in [0.15, 0.2) is 4.99 Å². The van der Waals surface area contributed by atoms with Gasteiger partial charge in [0.1, 0.15) is 0 Å². The zero-order valence-corrected chi connectivity index (χ0v) is 10.4. The fourth-order valence-electron chi connectivity index (χ4n) is 2.06. The van der Waals surface area contributed by atoms with E-state index in [1.807, 2.05) is 13.3 Å². The number of hydrogen-bond acceptors (Lipinski definition) is 1. The van der Waals surface area contributed by atoms with E-state index in [1.165, 1.54) is 32.1 Å². The van der Waals surface area contributed by atoms with E-state index in [0.29, 0.717) is 0 Å². The van der Waals surface area contributed by atoms with E-state index in [4.69, 9.17) is 0 Å². The first-order valence-electron chi connectivity index (χ1n) is 6.16. The lowest BCUT2D eigenvalue weighted by Crippen LogP contribution is -2.11. The highest BCUT2D eigenvalue weighted by molar-refractivity contribution is 5.56. The lowest BCUT2D eigenvalue weighted by molar-refractivity contribution is 0.306. The molecule has 0 aliphatic heterocycles. The molecule has 1 unspecified atom stereocenters. The van der Waals surface area contributed by atoms with Crippen molar-refractivity contribution in [3.63, 3.8) is 0 Å². The van der Waals surface area contributed by atoms with Gasteiger partial charge >= 0.3 is 0 Å².